The van der Waals surface area contributed by atoms with Gasteiger partial charge in [-0.15, -0.1) is 0 Å². The maximum Gasteiger partial charge on any atom is 0.217 e. The van der Waals surface area contributed by atoms with Gasteiger partial charge in [0.05, 0.1) is 12.0 Å². The van der Waals surface area contributed by atoms with Crippen LogP contribution in [0.15, 0.2) is 18.2 Å². The van der Waals surface area contributed by atoms with Gasteiger partial charge in [0.2, 0.25) is 6.29 Å². The van der Waals surface area contributed by atoms with E-state index in [0.29, 0.717) is 6.07 Å². The van der Waals surface area contributed by atoms with Gasteiger partial charge in [0, 0.05) is 20.3 Å². The van der Waals surface area contributed by atoms with Crippen molar-refractivity contribution < 1.29 is 27.8 Å². The Labute approximate surface area is 103 Å². The zero-order valence-corrected chi connectivity index (χ0v) is 9.91. The second-order valence-electron chi connectivity index (χ2n) is 3.49. The highest BCUT2D eigenvalue weighted by atomic mass is 19.1. The summed E-state index contributed by atoms with van der Waals surface area (Å²) in [5.74, 6) is -3.17. The molecular weight excluding hydrogens is 246 g/mol. The molecule has 0 amide bonds. The first kappa shape index (κ1) is 14.4. The first-order chi connectivity index (χ1) is 8.49. The van der Waals surface area contributed by atoms with E-state index in [9.17, 15) is 18.4 Å². The van der Waals surface area contributed by atoms with Gasteiger partial charge in [0.25, 0.3) is 0 Å². The molecule has 0 aliphatic carbocycles. The third-order valence-electron chi connectivity index (χ3n) is 2.26. The van der Waals surface area contributed by atoms with E-state index in [1.807, 2.05) is 0 Å². The number of halogens is 2. The Balaban J connectivity index is 2.79. The Kier molecular flexibility index (Phi) is 5.06. The van der Waals surface area contributed by atoms with Crippen molar-refractivity contribution in [3.63, 3.8) is 0 Å². The van der Waals surface area contributed by atoms with Crippen molar-refractivity contribution >= 4 is 11.6 Å². The van der Waals surface area contributed by atoms with Crippen LogP contribution >= 0.6 is 0 Å². The molecule has 18 heavy (non-hydrogen) atoms. The van der Waals surface area contributed by atoms with Gasteiger partial charge in [0.1, 0.15) is 11.6 Å². The van der Waals surface area contributed by atoms with Gasteiger partial charge in [-0.3, -0.25) is 9.59 Å². The Morgan fingerprint density at radius 1 is 1.22 bits per heavy atom. The second-order valence-corrected chi connectivity index (χ2v) is 3.49. The van der Waals surface area contributed by atoms with Crippen molar-refractivity contribution in [3.8, 4) is 0 Å². The number of Topliss-reactive ketones (excluding diaryl/α,β-unsaturated/α-hetero) is 2. The summed E-state index contributed by atoms with van der Waals surface area (Å²) in [7, 11) is 2.49. The average Bonchev–Trinajstić information content (AvgIpc) is 2.30. The number of benzene rings is 1. The van der Waals surface area contributed by atoms with Crippen LogP contribution in [0.3, 0.4) is 0 Å². The summed E-state index contributed by atoms with van der Waals surface area (Å²) in [6.45, 7) is 0. The normalized spacial score (nSPS) is 10.7. The number of carbonyl (C=O) groups is 2. The Bertz CT molecular complexity index is 455. The van der Waals surface area contributed by atoms with Crippen LogP contribution in [-0.2, 0) is 14.3 Å². The highest BCUT2D eigenvalue weighted by molar-refractivity contribution is 6.08. The van der Waals surface area contributed by atoms with Gasteiger partial charge in [-0.05, 0) is 12.1 Å². The zero-order chi connectivity index (χ0) is 13.7. The number of rotatable bonds is 6. The summed E-state index contributed by atoms with van der Waals surface area (Å²) >= 11 is 0. The van der Waals surface area contributed by atoms with Crippen molar-refractivity contribution in [1.29, 1.82) is 0 Å². The molecule has 0 aromatic heterocycles. The van der Waals surface area contributed by atoms with E-state index in [4.69, 9.17) is 0 Å². The van der Waals surface area contributed by atoms with Gasteiger partial charge in [-0.2, -0.15) is 0 Å². The number of hydrogen-bond donors (Lipinski definition) is 0. The maximum absolute atomic E-state index is 13.3. The van der Waals surface area contributed by atoms with Gasteiger partial charge in [-0.25, -0.2) is 8.78 Å². The summed E-state index contributed by atoms with van der Waals surface area (Å²) in [6.07, 6.45) is -1.74. The summed E-state index contributed by atoms with van der Waals surface area (Å²) in [4.78, 5) is 23.1. The van der Waals surface area contributed by atoms with E-state index < -0.39 is 35.9 Å². The van der Waals surface area contributed by atoms with E-state index >= 15 is 0 Å². The molecule has 98 valence electrons. The molecule has 0 aliphatic heterocycles. The van der Waals surface area contributed by atoms with Crippen LogP contribution in [0.1, 0.15) is 16.8 Å². The van der Waals surface area contributed by atoms with Gasteiger partial charge in [0.15, 0.2) is 11.6 Å². The molecule has 0 spiro atoms. The summed E-state index contributed by atoms with van der Waals surface area (Å²) in [5.41, 5.74) is -0.337. The fourth-order valence-electron chi connectivity index (χ4n) is 1.41. The van der Waals surface area contributed by atoms with E-state index in [1.165, 1.54) is 14.2 Å². The van der Waals surface area contributed by atoms with Crippen LogP contribution in [0.25, 0.3) is 0 Å². The molecule has 0 unspecified atom stereocenters. The lowest BCUT2D eigenvalue weighted by Crippen LogP contribution is -2.27. The third kappa shape index (κ3) is 3.41. The van der Waals surface area contributed by atoms with Crippen molar-refractivity contribution in [3.05, 3.63) is 35.4 Å². The number of hydrogen-bond acceptors (Lipinski definition) is 4. The predicted octanol–water partition coefficient (Wildman–Crippen LogP) is 1.73. The van der Waals surface area contributed by atoms with Crippen LogP contribution in [0.2, 0.25) is 0 Å². The van der Waals surface area contributed by atoms with Crippen LogP contribution < -0.4 is 0 Å². The van der Waals surface area contributed by atoms with Crippen molar-refractivity contribution in [2.75, 3.05) is 14.2 Å². The molecule has 0 heterocycles. The van der Waals surface area contributed by atoms with Crippen LogP contribution in [0.4, 0.5) is 8.78 Å². The molecule has 0 radical (unpaired) electrons. The highest BCUT2D eigenvalue weighted by Gasteiger charge is 2.22. The number of ether oxygens (including phenoxy) is 2. The smallest absolute Gasteiger partial charge is 0.217 e. The zero-order valence-electron chi connectivity index (χ0n) is 9.91. The maximum atomic E-state index is 13.3. The SMILES string of the molecule is COC(OC)C(=O)CC(=O)c1ccc(F)cc1F. The molecule has 0 atom stereocenters. The van der Waals surface area contributed by atoms with Gasteiger partial charge >= 0.3 is 0 Å². The Hall–Kier alpha value is -1.66. The lowest BCUT2D eigenvalue weighted by molar-refractivity contribution is -0.155. The monoisotopic (exact) mass is 258 g/mol. The minimum absolute atomic E-state index is 0.337. The largest absolute Gasteiger partial charge is 0.349 e. The van der Waals surface area contributed by atoms with Gasteiger partial charge < -0.3 is 9.47 Å². The minimum Gasteiger partial charge on any atom is -0.349 e. The molecule has 0 saturated carbocycles. The van der Waals surface area contributed by atoms with Crippen LogP contribution in [0.5, 0.6) is 0 Å². The number of carbonyl (C=O) groups excluding carboxylic acids is 2. The fourth-order valence-corrected chi connectivity index (χ4v) is 1.41. The lowest BCUT2D eigenvalue weighted by Gasteiger charge is -2.11. The quantitative estimate of drug-likeness (QED) is 0.443. The molecule has 0 aliphatic rings. The molecule has 0 N–H and O–H groups in total. The van der Waals surface area contributed by atoms with Crippen molar-refractivity contribution in [2.24, 2.45) is 0 Å². The second kappa shape index (κ2) is 6.32. The van der Waals surface area contributed by atoms with E-state index in [1.54, 1.807) is 0 Å². The predicted molar refractivity (Wildman–Crippen MR) is 58.1 cm³/mol. The van der Waals surface area contributed by atoms with Crippen molar-refractivity contribution in [1.82, 2.24) is 0 Å². The average molecular weight is 258 g/mol. The van der Waals surface area contributed by atoms with Crippen LogP contribution in [0, 0.1) is 11.6 Å². The number of ketones is 2. The van der Waals surface area contributed by atoms with E-state index in [0.717, 1.165) is 12.1 Å². The molecular formula is C12H12F2O4. The van der Waals surface area contributed by atoms with E-state index in [2.05, 4.69) is 9.47 Å². The molecule has 6 heteroatoms. The topological polar surface area (TPSA) is 52.6 Å². The molecule has 0 fully saturated rings. The Morgan fingerprint density at radius 3 is 2.33 bits per heavy atom. The van der Waals surface area contributed by atoms with Gasteiger partial charge in [-0.1, -0.05) is 0 Å². The fraction of sp³-hybridized carbons (Fsp3) is 0.333. The standard InChI is InChI=1S/C12H12F2O4/c1-17-12(18-2)11(16)6-10(15)8-4-3-7(13)5-9(8)14/h3-5,12H,6H2,1-2H3. The van der Waals surface area contributed by atoms with Crippen molar-refractivity contribution in [2.45, 2.75) is 12.7 Å². The molecule has 1 aromatic carbocycles. The molecule has 1 rings (SSSR count). The van der Waals surface area contributed by atoms with Crippen LogP contribution in [-0.4, -0.2) is 32.1 Å². The number of methoxy groups -OCH3 is 2. The van der Waals surface area contributed by atoms with E-state index in [-0.39, 0.29) is 5.56 Å². The lowest BCUT2D eigenvalue weighted by atomic mass is 10.1. The molecule has 4 nitrogen and oxygen atoms in total. The molecule has 1 aromatic rings. The minimum atomic E-state index is -1.17. The third-order valence-corrected chi connectivity index (χ3v) is 2.26. The highest BCUT2D eigenvalue weighted by Crippen LogP contribution is 2.13. The molecule has 0 saturated heterocycles. The first-order valence-corrected chi connectivity index (χ1v) is 5.06. The molecule has 0 bridgehead atoms. The summed E-state index contributed by atoms with van der Waals surface area (Å²) in [6, 6.07) is 2.53. The Morgan fingerprint density at radius 2 is 1.83 bits per heavy atom. The first-order valence-electron chi connectivity index (χ1n) is 5.06. The summed E-state index contributed by atoms with van der Waals surface area (Å²) in [5, 5.41) is 0. The summed E-state index contributed by atoms with van der Waals surface area (Å²) < 4.78 is 35.3.